The summed E-state index contributed by atoms with van der Waals surface area (Å²) >= 11 is 1.35. The summed E-state index contributed by atoms with van der Waals surface area (Å²) in [7, 11) is 0. The molecule has 0 spiro atoms. The number of pyridine rings is 2. The van der Waals surface area contributed by atoms with Gasteiger partial charge in [-0.25, -0.2) is 4.98 Å². The van der Waals surface area contributed by atoms with Crippen molar-refractivity contribution in [2.75, 3.05) is 5.32 Å². The number of thioether (sulfide) groups is 1. The third-order valence-corrected chi connectivity index (χ3v) is 5.59. The molecule has 6 heteroatoms. The van der Waals surface area contributed by atoms with Crippen molar-refractivity contribution in [1.82, 2.24) is 9.97 Å². The van der Waals surface area contributed by atoms with E-state index in [4.69, 9.17) is 4.98 Å². The molecule has 1 N–H and O–H groups in total. The first kappa shape index (κ1) is 18.4. The molecule has 0 bridgehead atoms. The summed E-state index contributed by atoms with van der Waals surface area (Å²) in [5.74, 6) is -0.112. The van der Waals surface area contributed by atoms with Crippen LogP contribution in [-0.4, -0.2) is 21.1 Å². The normalized spacial score (nSPS) is 15.1. The maximum absolute atomic E-state index is 12.4. The van der Waals surface area contributed by atoms with Crippen LogP contribution in [0.4, 0.5) is 5.69 Å². The molecule has 1 amide bonds. The fraction of sp³-hybridized carbons (Fsp3) is 0.400. The summed E-state index contributed by atoms with van der Waals surface area (Å²) in [4.78, 5) is 21.1. The molecule has 2 heterocycles. The molecule has 3 rings (SSSR count). The van der Waals surface area contributed by atoms with Crippen molar-refractivity contribution in [1.29, 1.82) is 5.26 Å². The maximum Gasteiger partial charge on any atom is 0.237 e. The summed E-state index contributed by atoms with van der Waals surface area (Å²) in [5, 5.41) is 12.7. The van der Waals surface area contributed by atoms with Crippen LogP contribution in [0.2, 0.25) is 0 Å². The van der Waals surface area contributed by atoms with Gasteiger partial charge in [0.15, 0.2) is 0 Å². The third-order valence-electron chi connectivity index (χ3n) is 4.49. The van der Waals surface area contributed by atoms with Gasteiger partial charge in [-0.05, 0) is 56.4 Å². The molecule has 5 nitrogen and oxygen atoms in total. The fourth-order valence-electron chi connectivity index (χ4n) is 3.04. The number of nitriles is 1. The Morgan fingerprint density at radius 2 is 1.96 bits per heavy atom. The number of hydrogen-bond donors (Lipinski definition) is 1. The van der Waals surface area contributed by atoms with Crippen LogP contribution in [0.1, 0.15) is 49.4 Å². The first-order valence-corrected chi connectivity index (χ1v) is 9.86. The number of fused-ring (bicyclic) bond motifs is 1. The van der Waals surface area contributed by atoms with Gasteiger partial charge in [-0.1, -0.05) is 24.6 Å². The van der Waals surface area contributed by atoms with E-state index in [0.29, 0.717) is 16.3 Å². The zero-order chi connectivity index (χ0) is 18.4. The van der Waals surface area contributed by atoms with Gasteiger partial charge in [-0.2, -0.15) is 5.26 Å². The number of hydrogen-bond acceptors (Lipinski definition) is 5. The number of nitrogens with zero attached hydrogens (tertiary/aromatic N) is 3. The lowest BCUT2D eigenvalue weighted by atomic mass is 9.96. The van der Waals surface area contributed by atoms with Crippen molar-refractivity contribution in [2.45, 2.75) is 55.7 Å². The van der Waals surface area contributed by atoms with E-state index in [1.54, 1.807) is 24.5 Å². The molecule has 0 fully saturated rings. The molecule has 0 aromatic carbocycles. The van der Waals surface area contributed by atoms with Gasteiger partial charge in [-0.3, -0.25) is 9.78 Å². The molecular formula is C20H22N4OS. The highest BCUT2D eigenvalue weighted by atomic mass is 32.2. The Morgan fingerprint density at radius 3 is 2.69 bits per heavy atom. The smallest absolute Gasteiger partial charge is 0.237 e. The van der Waals surface area contributed by atoms with Gasteiger partial charge in [0.1, 0.15) is 11.1 Å². The van der Waals surface area contributed by atoms with E-state index in [1.165, 1.54) is 30.2 Å². The number of nitrogens with one attached hydrogen (secondary N) is 1. The van der Waals surface area contributed by atoms with Crippen LogP contribution in [0.25, 0.3) is 0 Å². The molecular weight excluding hydrogens is 344 g/mol. The quantitative estimate of drug-likeness (QED) is 0.823. The van der Waals surface area contributed by atoms with Crippen LogP contribution in [0.3, 0.4) is 0 Å². The van der Waals surface area contributed by atoms with Gasteiger partial charge in [0.05, 0.1) is 10.8 Å². The minimum absolute atomic E-state index is 0.112. The number of amides is 1. The second-order valence-electron chi connectivity index (χ2n) is 6.46. The zero-order valence-corrected chi connectivity index (χ0v) is 15.7. The SMILES string of the molecule is CC(Sc1nc2c(cc1C#N)CCCCCC2)C(=O)Nc1ccncc1. The van der Waals surface area contributed by atoms with Gasteiger partial charge in [0.2, 0.25) is 5.91 Å². The minimum Gasteiger partial charge on any atom is -0.325 e. The van der Waals surface area contributed by atoms with Crippen molar-refractivity contribution in [3.63, 3.8) is 0 Å². The molecule has 1 aliphatic carbocycles. The molecule has 0 aliphatic heterocycles. The summed E-state index contributed by atoms with van der Waals surface area (Å²) in [6, 6.07) is 7.73. The second kappa shape index (κ2) is 8.81. The Kier molecular flexibility index (Phi) is 6.24. The van der Waals surface area contributed by atoms with E-state index >= 15 is 0 Å². The van der Waals surface area contributed by atoms with E-state index in [-0.39, 0.29) is 11.2 Å². The number of carbonyl (C=O) groups is 1. The largest absolute Gasteiger partial charge is 0.325 e. The highest BCUT2D eigenvalue weighted by Gasteiger charge is 2.20. The molecule has 1 unspecified atom stereocenters. The molecule has 1 aliphatic rings. The molecule has 2 aromatic rings. The van der Waals surface area contributed by atoms with E-state index in [9.17, 15) is 10.1 Å². The van der Waals surface area contributed by atoms with Crippen molar-refractivity contribution < 1.29 is 4.79 Å². The van der Waals surface area contributed by atoms with Gasteiger partial charge >= 0.3 is 0 Å². The predicted octanol–water partition coefficient (Wildman–Crippen LogP) is 4.13. The first-order valence-electron chi connectivity index (χ1n) is 8.98. The summed E-state index contributed by atoms with van der Waals surface area (Å²) in [6.07, 6.45) is 9.96. The molecule has 0 saturated heterocycles. The van der Waals surface area contributed by atoms with Crippen LogP contribution in [0.15, 0.2) is 35.6 Å². The van der Waals surface area contributed by atoms with E-state index < -0.39 is 0 Å². The lowest BCUT2D eigenvalue weighted by Gasteiger charge is -2.17. The Labute approximate surface area is 158 Å². The number of aromatic nitrogens is 2. The van der Waals surface area contributed by atoms with Crippen LogP contribution < -0.4 is 5.32 Å². The van der Waals surface area contributed by atoms with Crippen LogP contribution in [0, 0.1) is 11.3 Å². The van der Waals surface area contributed by atoms with Crippen molar-refractivity contribution in [3.8, 4) is 6.07 Å². The molecule has 0 saturated carbocycles. The number of rotatable bonds is 4. The zero-order valence-electron chi connectivity index (χ0n) is 14.9. The van der Waals surface area contributed by atoms with E-state index in [2.05, 4.69) is 16.4 Å². The van der Waals surface area contributed by atoms with Crippen molar-refractivity contribution in [2.24, 2.45) is 0 Å². The van der Waals surface area contributed by atoms with Crippen LogP contribution in [-0.2, 0) is 17.6 Å². The minimum atomic E-state index is -0.352. The molecule has 2 aromatic heterocycles. The highest BCUT2D eigenvalue weighted by Crippen LogP contribution is 2.29. The van der Waals surface area contributed by atoms with Gasteiger partial charge in [0, 0.05) is 23.8 Å². The summed E-state index contributed by atoms with van der Waals surface area (Å²) in [5.41, 5.74) is 3.56. The first-order chi connectivity index (χ1) is 12.7. The highest BCUT2D eigenvalue weighted by molar-refractivity contribution is 8.00. The number of anilines is 1. The third kappa shape index (κ3) is 4.61. The fourth-order valence-corrected chi connectivity index (χ4v) is 3.93. The van der Waals surface area contributed by atoms with Crippen LogP contribution in [0.5, 0.6) is 0 Å². The summed E-state index contributed by atoms with van der Waals surface area (Å²) in [6.45, 7) is 1.83. The Bertz CT molecular complexity index is 817. The van der Waals surface area contributed by atoms with Crippen molar-refractivity contribution >= 4 is 23.4 Å². The number of carbonyl (C=O) groups excluding carboxylic acids is 1. The number of aryl methyl sites for hydroxylation is 2. The summed E-state index contributed by atoms with van der Waals surface area (Å²) < 4.78 is 0. The standard InChI is InChI=1S/C20H22N4OS/c1-14(19(25)23-17-8-10-22-11-9-17)26-20-16(13-21)12-15-6-4-2-3-5-7-18(15)24-20/h8-12,14H,2-7H2,1H3,(H,22,23,25). The van der Waals surface area contributed by atoms with Gasteiger partial charge in [-0.15, -0.1) is 0 Å². The maximum atomic E-state index is 12.4. The average Bonchev–Trinajstić information content (AvgIpc) is 2.63. The lowest BCUT2D eigenvalue weighted by molar-refractivity contribution is -0.115. The van der Waals surface area contributed by atoms with Gasteiger partial charge in [0.25, 0.3) is 0 Å². The Balaban J connectivity index is 1.76. The second-order valence-corrected chi connectivity index (χ2v) is 7.79. The van der Waals surface area contributed by atoms with Gasteiger partial charge < -0.3 is 5.32 Å². The average molecular weight is 366 g/mol. The Hall–Kier alpha value is -2.39. The Morgan fingerprint density at radius 1 is 1.23 bits per heavy atom. The molecule has 134 valence electrons. The molecule has 26 heavy (non-hydrogen) atoms. The van der Waals surface area contributed by atoms with E-state index in [0.717, 1.165) is 31.4 Å². The van der Waals surface area contributed by atoms with E-state index in [1.807, 2.05) is 13.0 Å². The lowest BCUT2D eigenvalue weighted by Crippen LogP contribution is -2.22. The molecule has 1 atom stereocenters. The monoisotopic (exact) mass is 366 g/mol. The predicted molar refractivity (Wildman–Crippen MR) is 103 cm³/mol. The van der Waals surface area contributed by atoms with Crippen LogP contribution >= 0.6 is 11.8 Å². The van der Waals surface area contributed by atoms with Crippen molar-refractivity contribution in [3.05, 3.63) is 47.4 Å². The molecule has 0 radical (unpaired) electrons. The topological polar surface area (TPSA) is 78.7 Å².